The topological polar surface area (TPSA) is 58.9 Å². The molecule has 214 valence electrons. The van der Waals surface area contributed by atoms with Crippen molar-refractivity contribution in [2.45, 2.75) is 152 Å². The molecule has 0 aromatic rings. The van der Waals surface area contributed by atoms with E-state index in [-0.39, 0.29) is 6.10 Å². The van der Waals surface area contributed by atoms with Crippen LogP contribution >= 0.6 is 0 Å². The van der Waals surface area contributed by atoms with Crippen LogP contribution in [0.15, 0.2) is 0 Å². The predicted octanol–water partition coefficient (Wildman–Crippen LogP) is 8.13. The van der Waals surface area contributed by atoms with E-state index in [1.807, 2.05) is 13.8 Å². The summed E-state index contributed by atoms with van der Waals surface area (Å²) in [5.74, 6) is 3.77. The van der Waals surface area contributed by atoms with Gasteiger partial charge in [-0.15, -0.1) is 0 Å². The Labute approximate surface area is 221 Å². The number of aliphatic hydroxyl groups is 2. The van der Waals surface area contributed by atoms with E-state index < -0.39 is 11.2 Å². The molecule has 0 rings (SSSR count). The van der Waals surface area contributed by atoms with Gasteiger partial charge in [-0.2, -0.15) is 0 Å². The Balaban J connectivity index is 0. The largest absolute Gasteiger partial charge is 0.390 e. The third-order valence-corrected chi connectivity index (χ3v) is 7.74. The number of ether oxygens (including phenoxy) is 2. The molecule has 0 saturated heterocycles. The lowest BCUT2D eigenvalue weighted by Crippen LogP contribution is -2.31. The first-order chi connectivity index (χ1) is 15.9. The van der Waals surface area contributed by atoms with Crippen LogP contribution < -0.4 is 0 Å². The molecule has 0 aliphatic carbocycles. The highest BCUT2D eigenvalue weighted by Gasteiger charge is 2.26. The Morgan fingerprint density at radius 2 is 0.914 bits per heavy atom. The SMILES string of the molecule is CC(C)C(C(C)C)C(C)OCCC(C)(C)O.CCC(O)(CC)CCCOC(C)C(C(C)C)C(C)C. The van der Waals surface area contributed by atoms with Crippen molar-refractivity contribution in [2.75, 3.05) is 13.2 Å². The van der Waals surface area contributed by atoms with Gasteiger partial charge in [-0.25, -0.2) is 0 Å². The molecular weight excluding hydrogens is 436 g/mol. The Hall–Kier alpha value is -0.160. The zero-order valence-electron chi connectivity index (χ0n) is 26.3. The highest BCUT2D eigenvalue weighted by atomic mass is 16.5. The lowest BCUT2D eigenvalue weighted by atomic mass is 9.82. The van der Waals surface area contributed by atoms with Crippen molar-refractivity contribution >= 4 is 0 Å². The highest BCUT2D eigenvalue weighted by Crippen LogP contribution is 2.28. The molecule has 0 aromatic carbocycles. The van der Waals surface area contributed by atoms with E-state index in [0.29, 0.717) is 54.6 Å². The molecule has 2 N–H and O–H groups in total. The summed E-state index contributed by atoms with van der Waals surface area (Å²) in [7, 11) is 0. The van der Waals surface area contributed by atoms with Gasteiger partial charge in [0, 0.05) is 13.2 Å². The molecule has 0 saturated carbocycles. The summed E-state index contributed by atoms with van der Waals surface area (Å²) < 4.78 is 11.8. The Morgan fingerprint density at radius 3 is 1.20 bits per heavy atom. The second-order valence-corrected chi connectivity index (χ2v) is 12.9. The molecule has 4 heteroatoms. The van der Waals surface area contributed by atoms with Crippen molar-refractivity contribution in [3.63, 3.8) is 0 Å². The molecule has 0 amide bonds. The molecule has 2 atom stereocenters. The third kappa shape index (κ3) is 17.1. The first-order valence-corrected chi connectivity index (χ1v) is 14.6. The standard InChI is InChI=1S/C17H36O2.C14H30O2/c1-8-17(18,9-2)11-10-12-19-15(7)16(13(3)4)14(5)6;1-10(2)13(11(3)4)12(5)16-9-8-14(6,7)15/h13-16,18H,8-12H2,1-7H3;10-13,15H,8-9H2,1-7H3. The van der Waals surface area contributed by atoms with E-state index in [4.69, 9.17) is 9.47 Å². The summed E-state index contributed by atoms with van der Waals surface area (Å²) in [4.78, 5) is 0. The second kappa shape index (κ2) is 18.2. The zero-order valence-corrected chi connectivity index (χ0v) is 26.3. The molecule has 35 heavy (non-hydrogen) atoms. The first kappa shape index (κ1) is 37.0. The van der Waals surface area contributed by atoms with Crippen LogP contribution in [0.2, 0.25) is 0 Å². The van der Waals surface area contributed by atoms with Crippen LogP contribution in [-0.2, 0) is 9.47 Å². The summed E-state index contributed by atoms with van der Waals surface area (Å²) in [5, 5.41) is 19.8. The number of hydrogen-bond acceptors (Lipinski definition) is 4. The smallest absolute Gasteiger partial charge is 0.0643 e. The van der Waals surface area contributed by atoms with Crippen molar-refractivity contribution in [3.05, 3.63) is 0 Å². The van der Waals surface area contributed by atoms with Crippen LogP contribution in [0.25, 0.3) is 0 Å². The lowest BCUT2D eigenvalue weighted by Gasteiger charge is -2.31. The van der Waals surface area contributed by atoms with Crippen LogP contribution in [0.1, 0.15) is 129 Å². The molecule has 0 radical (unpaired) electrons. The van der Waals surface area contributed by atoms with Gasteiger partial charge in [0.05, 0.1) is 23.4 Å². The van der Waals surface area contributed by atoms with Crippen LogP contribution in [0.3, 0.4) is 0 Å². The van der Waals surface area contributed by atoms with Gasteiger partial charge in [0.25, 0.3) is 0 Å². The van der Waals surface area contributed by atoms with Crippen LogP contribution in [0.5, 0.6) is 0 Å². The number of rotatable bonds is 17. The van der Waals surface area contributed by atoms with Crippen molar-refractivity contribution in [1.82, 2.24) is 0 Å². The van der Waals surface area contributed by atoms with E-state index >= 15 is 0 Å². The number of hydrogen-bond donors (Lipinski definition) is 2. The maximum atomic E-state index is 10.2. The average Bonchev–Trinajstić information content (AvgIpc) is 2.69. The Morgan fingerprint density at radius 1 is 0.571 bits per heavy atom. The first-order valence-electron chi connectivity index (χ1n) is 14.6. The van der Waals surface area contributed by atoms with Crippen LogP contribution in [0.4, 0.5) is 0 Å². The summed E-state index contributed by atoms with van der Waals surface area (Å²) in [6.07, 6.45) is 4.73. The van der Waals surface area contributed by atoms with Crippen LogP contribution in [-0.4, -0.2) is 46.8 Å². The van der Waals surface area contributed by atoms with Gasteiger partial charge < -0.3 is 19.7 Å². The molecular formula is C31H66O4. The fraction of sp³-hybridized carbons (Fsp3) is 1.00. The van der Waals surface area contributed by atoms with Gasteiger partial charge in [-0.1, -0.05) is 69.2 Å². The fourth-order valence-corrected chi connectivity index (χ4v) is 5.70. The van der Waals surface area contributed by atoms with Gasteiger partial charge in [0.2, 0.25) is 0 Å². The molecule has 0 fully saturated rings. The molecule has 0 aliphatic rings. The van der Waals surface area contributed by atoms with E-state index in [2.05, 4.69) is 83.1 Å². The van der Waals surface area contributed by atoms with E-state index in [1.54, 1.807) is 0 Å². The zero-order chi connectivity index (χ0) is 28.0. The maximum absolute atomic E-state index is 10.2. The monoisotopic (exact) mass is 502 g/mol. The Kier molecular flexibility index (Phi) is 19.2. The molecule has 0 spiro atoms. The normalized spacial score (nSPS) is 14.9. The van der Waals surface area contributed by atoms with E-state index in [9.17, 15) is 10.2 Å². The van der Waals surface area contributed by atoms with Gasteiger partial charge in [-0.05, 0) is 95.3 Å². The highest BCUT2D eigenvalue weighted by molar-refractivity contribution is 4.76. The molecule has 2 unspecified atom stereocenters. The Bertz CT molecular complexity index is 473. The van der Waals surface area contributed by atoms with Gasteiger partial charge in [0.1, 0.15) is 0 Å². The average molecular weight is 503 g/mol. The summed E-state index contributed by atoms with van der Waals surface area (Å²) in [6, 6.07) is 0. The van der Waals surface area contributed by atoms with Crippen molar-refractivity contribution in [3.8, 4) is 0 Å². The van der Waals surface area contributed by atoms with E-state index in [1.165, 1.54) is 0 Å². The van der Waals surface area contributed by atoms with Crippen molar-refractivity contribution < 1.29 is 19.7 Å². The van der Waals surface area contributed by atoms with E-state index in [0.717, 1.165) is 32.3 Å². The molecule has 0 heterocycles. The lowest BCUT2D eigenvalue weighted by molar-refractivity contribution is -0.0346. The molecule has 0 bridgehead atoms. The quantitative estimate of drug-likeness (QED) is 0.197. The molecule has 0 aliphatic heterocycles. The second-order valence-electron chi connectivity index (χ2n) is 12.9. The minimum Gasteiger partial charge on any atom is -0.390 e. The predicted molar refractivity (Wildman–Crippen MR) is 153 cm³/mol. The maximum Gasteiger partial charge on any atom is 0.0643 e. The van der Waals surface area contributed by atoms with Gasteiger partial charge in [0.15, 0.2) is 0 Å². The fourth-order valence-electron chi connectivity index (χ4n) is 5.70. The third-order valence-electron chi connectivity index (χ3n) is 7.74. The van der Waals surface area contributed by atoms with Gasteiger partial charge >= 0.3 is 0 Å². The summed E-state index contributed by atoms with van der Waals surface area (Å²) in [6.45, 7) is 31.6. The minimum absolute atomic E-state index is 0.266. The van der Waals surface area contributed by atoms with Crippen molar-refractivity contribution in [1.29, 1.82) is 0 Å². The van der Waals surface area contributed by atoms with Gasteiger partial charge in [-0.3, -0.25) is 0 Å². The van der Waals surface area contributed by atoms with Crippen LogP contribution in [0, 0.1) is 35.5 Å². The summed E-state index contributed by atoms with van der Waals surface area (Å²) >= 11 is 0. The molecule has 0 aromatic heterocycles. The van der Waals surface area contributed by atoms with Crippen molar-refractivity contribution in [2.24, 2.45) is 35.5 Å². The summed E-state index contributed by atoms with van der Waals surface area (Å²) in [5.41, 5.74) is -1.10. The minimum atomic E-state index is -0.620. The molecule has 4 nitrogen and oxygen atoms in total.